The molecule has 1 N–H and O–H groups in total. The number of nitrogens with zero attached hydrogens (tertiary/aromatic N) is 4. The summed E-state index contributed by atoms with van der Waals surface area (Å²) >= 11 is 0. The van der Waals surface area contributed by atoms with E-state index >= 15 is 0 Å². The quantitative estimate of drug-likeness (QED) is 0.600. The van der Waals surface area contributed by atoms with Gasteiger partial charge < -0.3 is 14.3 Å². The van der Waals surface area contributed by atoms with E-state index in [1.54, 1.807) is 35.3 Å². The predicted molar refractivity (Wildman–Crippen MR) is 96.0 cm³/mol. The van der Waals surface area contributed by atoms with E-state index in [1.807, 2.05) is 42.5 Å². The maximum atomic E-state index is 12.3. The van der Waals surface area contributed by atoms with Crippen LogP contribution in [-0.2, 0) is 11.3 Å². The van der Waals surface area contributed by atoms with Gasteiger partial charge in [-0.05, 0) is 36.4 Å². The van der Waals surface area contributed by atoms with E-state index in [2.05, 4.69) is 20.5 Å². The molecule has 0 aliphatic rings. The van der Waals surface area contributed by atoms with Crippen molar-refractivity contribution in [3.8, 4) is 23.0 Å². The molecule has 0 saturated heterocycles. The lowest BCUT2D eigenvalue weighted by Gasteiger charge is -2.07. The minimum Gasteiger partial charge on any atom is -0.415 e. The van der Waals surface area contributed by atoms with Crippen LogP contribution in [-0.4, -0.2) is 25.7 Å². The molecule has 0 atom stereocenters. The Morgan fingerprint density at radius 1 is 1.00 bits per heavy atom. The normalized spacial score (nSPS) is 10.6. The summed E-state index contributed by atoms with van der Waals surface area (Å²) in [5.74, 6) is 0.634. The molecule has 0 fully saturated rings. The van der Waals surface area contributed by atoms with E-state index in [0.29, 0.717) is 23.2 Å². The van der Waals surface area contributed by atoms with Crippen LogP contribution in [0.1, 0.15) is 0 Å². The van der Waals surface area contributed by atoms with Crippen molar-refractivity contribution in [2.45, 2.75) is 6.54 Å². The first-order chi connectivity index (χ1) is 12.8. The van der Waals surface area contributed by atoms with Gasteiger partial charge in [0, 0.05) is 18.0 Å². The Labute approximate surface area is 149 Å². The Balaban J connectivity index is 1.52. The molecule has 0 radical (unpaired) electrons. The minimum atomic E-state index is -0.168. The second-order valence-electron chi connectivity index (χ2n) is 5.59. The van der Waals surface area contributed by atoms with Gasteiger partial charge in [-0.1, -0.05) is 18.2 Å². The highest BCUT2D eigenvalue weighted by Gasteiger charge is 2.15. The SMILES string of the molecule is O=C(Cn1cccc1-c1nnc(-c2ccccc2)o1)Nc1cccnc1. The summed E-state index contributed by atoms with van der Waals surface area (Å²) in [5, 5.41) is 11.0. The van der Waals surface area contributed by atoms with Gasteiger partial charge in [-0.15, -0.1) is 10.2 Å². The van der Waals surface area contributed by atoms with E-state index in [1.165, 1.54) is 0 Å². The van der Waals surface area contributed by atoms with E-state index in [-0.39, 0.29) is 12.5 Å². The molecule has 7 nitrogen and oxygen atoms in total. The van der Waals surface area contributed by atoms with Crippen molar-refractivity contribution in [2.75, 3.05) is 5.32 Å². The lowest BCUT2D eigenvalue weighted by atomic mass is 10.2. The summed E-state index contributed by atoms with van der Waals surface area (Å²) < 4.78 is 7.53. The van der Waals surface area contributed by atoms with Crippen LogP contribution in [0.25, 0.3) is 23.0 Å². The highest BCUT2D eigenvalue weighted by molar-refractivity contribution is 5.90. The van der Waals surface area contributed by atoms with Crippen molar-refractivity contribution >= 4 is 11.6 Å². The number of anilines is 1. The molecular formula is C19H15N5O2. The molecule has 7 heteroatoms. The topological polar surface area (TPSA) is 85.8 Å². The number of nitrogens with one attached hydrogen (secondary N) is 1. The van der Waals surface area contributed by atoms with Crippen LogP contribution in [0.2, 0.25) is 0 Å². The highest BCUT2D eigenvalue weighted by atomic mass is 16.4. The number of rotatable bonds is 5. The standard InChI is InChI=1S/C19H15N5O2/c25-17(21-15-8-4-10-20-12-15)13-24-11-5-9-16(24)19-23-22-18(26-19)14-6-2-1-3-7-14/h1-12H,13H2,(H,21,25). The van der Waals surface area contributed by atoms with E-state index in [0.717, 1.165) is 5.56 Å². The summed E-state index contributed by atoms with van der Waals surface area (Å²) in [5.41, 5.74) is 2.18. The summed E-state index contributed by atoms with van der Waals surface area (Å²) in [6, 6.07) is 16.8. The molecule has 1 amide bonds. The van der Waals surface area contributed by atoms with Gasteiger partial charge in [0.05, 0.1) is 11.9 Å². The Hall–Kier alpha value is -3.74. The van der Waals surface area contributed by atoms with E-state index in [9.17, 15) is 4.79 Å². The fraction of sp³-hybridized carbons (Fsp3) is 0.0526. The molecule has 0 aliphatic carbocycles. The zero-order chi connectivity index (χ0) is 17.8. The molecule has 3 heterocycles. The first-order valence-corrected chi connectivity index (χ1v) is 8.04. The molecule has 0 spiro atoms. The van der Waals surface area contributed by atoms with Gasteiger partial charge in [0.2, 0.25) is 11.8 Å². The van der Waals surface area contributed by atoms with Gasteiger partial charge in [0.1, 0.15) is 12.2 Å². The zero-order valence-electron chi connectivity index (χ0n) is 13.7. The lowest BCUT2D eigenvalue weighted by molar-refractivity contribution is -0.116. The van der Waals surface area contributed by atoms with Crippen LogP contribution < -0.4 is 5.32 Å². The Kier molecular flexibility index (Phi) is 4.26. The number of hydrogen-bond donors (Lipinski definition) is 1. The van der Waals surface area contributed by atoms with Crippen molar-refractivity contribution in [3.63, 3.8) is 0 Å². The third-order valence-electron chi connectivity index (χ3n) is 3.75. The second-order valence-corrected chi connectivity index (χ2v) is 5.59. The van der Waals surface area contributed by atoms with Crippen LogP contribution >= 0.6 is 0 Å². The van der Waals surface area contributed by atoms with Crippen molar-refractivity contribution < 1.29 is 9.21 Å². The molecule has 0 unspecified atom stereocenters. The van der Waals surface area contributed by atoms with Gasteiger partial charge in [-0.2, -0.15) is 0 Å². The Morgan fingerprint density at radius 2 is 1.85 bits per heavy atom. The van der Waals surface area contributed by atoms with E-state index in [4.69, 9.17) is 4.42 Å². The first-order valence-electron chi connectivity index (χ1n) is 8.04. The number of carbonyl (C=O) groups excluding carboxylic acids is 1. The van der Waals surface area contributed by atoms with Crippen LogP contribution in [0.5, 0.6) is 0 Å². The third kappa shape index (κ3) is 3.36. The van der Waals surface area contributed by atoms with Gasteiger partial charge >= 0.3 is 0 Å². The number of pyridine rings is 1. The number of hydrogen-bond acceptors (Lipinski definition) is 5. The number of amides is 1. The molecule has 3 aromatic heterocycles. The number of benzene rings is 1. The third-order valence-corrected chi connectivity index (χ3v) is 3.75. The molecule has 4 aromatic rings. The monoisotopic (exact) mass is 345 g/mol. The van der Waals surface area contributed by atoms with Crippen molar-refractivity contribution in [1.29, 1.82) is 0 Å². The van der Waals surface area contributed by atoms with Gasteiger partial charge in [-0.25, -0.2) is 0 Å². The smallest absolute Gasteiger partial charge is 0.264 e. The zero-order valence-corrected chi connectivity index (χ0v) is 13.7. The Morgan fingerprint density at radius 3 is 2.65 bits per heavy atom. The molecule has 0 aliphatic heterocycles. The summed E-state index contributed by atoms with van der Waals surface area (Å²) in [6.45, 7) is 0.125. The largest absolute Gasteiger partial charge is 0.415 e. The summed E-state index contributed by atoms with van der Waals surface area (Å²) in [6.07, 6.45) is 5.04. The maximum Gasteiger partial charge on any atom is 0.264 e. The van der Waals surface area contributed by atoms with E-state index < -0.39 is 0 Å². The van der Waals surface area contributed by atoms with Crippen molar-refractivity contribution in [2.24, 2.45) is 0 Å². The molecule has 1 aromatic carbocycles. The van der Waals surface area contributed by atoms with Gasteiger partial charge in [0.25, 0.3) is 5.89 Å². The minimum absolute atomic E-state index is 0.125. The summed E-state index contributed by atoms with van der Waals surface area (Å²) in [7, 11) is 0. The maximum absolute atomic E-state index is 12.3. The van der Waals surface area contributed by atoms with Crippen LogP contribution in [0, 0.1) is 0 Å². The second kappa shape index (κ2) is 7.02. The fourth-order valence-electron chi connectivity index (χ4n) is 2.56. The summed E-state index contributed by atoms with van der Waals surface area (Å²) in [4.78, 5) is 16.2. The van der Waals surface area contributed by atoms with Gasteiger partial charge in [0.15, 0.2) is 0 Å². The van der Waals surface area contributed by atoms with Crippen LogP contribution in [0.3, 0.4) is 0 Å². The van der Waals surface area contributed by atoms with Crippen LogP contribution in [0.15, 0.2) is 77.6 Å². The number of carbonyl (C=O) groups is 1. The Bertz CT molecular complexity index is 1010. The molecular weight excluding hydrogens is 330 g/mol. The average Bonchev–Trinajstić information content (AvgIpc) is 3.32. The molecule has 26 heavy (non-hydrogen) atoms. The van der Waals surface area contributed by atoms with Crippen LogP contribution in [0.4, 0.5) is 5.69 Å². The van der Waals surface area contributed by atoms with Crippen molar-refractivity contribution in [3.05, 3.63) is 73.2 Å². The number of aromatic nitrogens is 4. The first kappa shape index (κ1) is 15.8. The van der Waals surface area contributed by atoms with Crippen molar-refractivity contribution in [1.82, 2.24) is 19.7 Å². The molecule has 4 rings (SSSR count). The molecule has 0 bridgehead atoms. The van der Waals surface area contributed by atoms with Gasteiger partial charge in [-0.3, -0.25) is 9.78 Å². The molecule has 0 saturated carbocycles. The highest BCUT2D eigenvalue weighted by Crippen LogP contribution is 2.24. The molecule has 128 valence electrons. The predicted octanol–water partition coefficient (Wildman–Crippen LogP) is 3.24. The average molecular weight is 345 g/mol. The fourth-order valence-corrected chi connectivity index (χ4v) is 2.56. The lowest BCUT2D eigenvalue weighted by Crippen LogP contribution is -2.18.